The van der Waals surface area contributed by atoms with Crippen LogP contribution in [-0.2, 0) is 15.4 Å². The number of hydrogen-bond donors (Lipinski definition) is 0. The van der Waals surface area contributed by atoms with Gasteiger partial charge in [0.25, 0.3) is 0 Å². The molecule has 0 bridgehead atoms. The van der Waals surface area contributed by atoms with Crippen LogP contribution in [0.15, 0.2) is 23.1 Å². The van der Waals surface area contributed by atoms with Crippen molar-refractivity contribution in [3.05, 3.63) is 34.3 Å². The minimum Gasteiger partial charge on any atom is -0.344 e. The predicted molar refractivity (Wildman–Crippen MR) is 105 cm³/mol. The molecule has 1 aromatic heterocycles. The van der Waals surface area contributed by atoms with E-state index in [4.69, 9.17) is 0 Å². The van der Waals surface area contributed by atoms with Gasteiger partial charge >= 0.3 is 0 Å². The van der Waals surface area contributed by atoms with Crippen LogP contribution < -0.4 is 4.90 Å². The summed E-state index contributed by atoms with van der Waals surface area (Å²) in [7, 11) is -3.45. The molecular weight excluding hydrogens is 368 g/mol. The van der Waals surface area contributed by atoms with E-state index in [0.29, 0.717) is 31.1 Å². The Hall–Kier alpha value is -1.51. The number of sulfonamides is 1. The Bertz CT molecular complexity index is 892. The van der Waals surface area contributed by atoms with Crippen LogP contribution in [0.5, 0.6) is 0 Å². The highest BCUT2D eigenvalue weighted by Gasteiger charge is 2.30. The number of nitrogens with zero attached hydrogens (tertiary/aromatic N) is 4. The number of hydrogen-bond acceptors (Lipinski definition) is 6. The lowest BCUT2D eigenvalue weighted by molar-refractivity contribution is 0.384. The molecule has 0 N–H and O–H groups in total. The molecule has 0 unspecified atom stereocenters. The maximum atomic E-state index is 12.9. The van der Waals surface area contributed by atoms with Gasteiger partial charge in [-0.05, 0) is 37.1 Å². The van der Waals surface area contributed by atoms with Crippen molar-refractivity contribution in [1.29, 1.82) is 0 Å². The number of rotatable bonds is 3. The third-order valence-corrected chi connectivity index (χ3v) is 7.99. The molecule has 2 aromatic rings. The van der Waals surface area contributed by atoms with E-state index in [1.54, 1.807) is 27.8 Å². The van der Waals surface area contributed by atoms with Gasteiger partial charge in [0, 0.05) is 31.6 Å². The average molecular weight is 395 g/mol. The van der Waals surface area contributed by atoms with Gasteiger partial charge in [0.1, 0.15) is 5.01 Å². The molecule has 6 nitrogen and oxygen atoms in total. The van der Waals surface area contributed by atoms with Gasteiger partial charge in [-0.1, -0.05) is 38.2 Å². The Kier molecular flexibility index (Phi) is 5.11. The molecule has 1 saturated heterocycles. The third-order valence-electron chi connectivity index (χ3n) is 4.68. The monoisotopic (exact) mass is 394 g/mol. The van der Waals surface area contributed by atoms with Crippen LogP contribution in [0.1, 0.15) is 36.9 Å². The standard InChI is InChI=1S/C18H26N4O2S2/c1-13-6-7-15(12-14(13)2)26(23,24)22-10-8-21(9-11-22)17-20-19-16(25-17)18(3,4)5/h6-7,12H,8-11H2,1-5H3. The molecule has 1 aromatic carbocycles. The zero-order valence-electron chi connectivity index (χ0n) is 16.0. The van der Waals surface area contributed by atoms with Crippen molar-refractivity contribution < 1.29 is 8.42 Å². The summed E-state index contributed by atoms with van der Waals surface area (Å²) in [6.07, 6.45) is 0. The number of aryl methyl sites for hydroxylation is 2. The summed E-state index contributed by atoms with van der Waals surface area (Å²) in [6, 6.07) is 5.33. The van der Waals surface area contributed by atoms with Gasteiger partial charge < -0.3 is 4.90 Å². The van der Waals surface area contributed by atoms with Gasteiger partial charge in [-0.15, -0.1) is 10.2 Å². The molecule has 1 fully saturated rings. The largest absolute Gasteiger partial charge is 0.344 e. The summed E-state index contributed by atoms with van der Waals surface area (Å²) in [5.41, 5.74) is 2.07. The maximum Gasteiger partial charge on any atom is 0.243 e. The summed E-state index contributed by atoms with van der Waals surface area (Å²) in [4.78, 5) is 2.50. The topological polar surface area (TPSA) is 66.4 Å². The van der Waals surface area contributed by atoms with E-state index in [1.165, 1.54) is 0 Å². The van der Waals surface area contributed by atoms with Crippen molar-refractivity contribution in [2.24, 2.45) is 0 Å². The smallest absolute Gasteiger partial charge is 0.243 e. The van der Waals surface area contributed by atoms with Crippen molar-refractivity contribution in [3.8, 4) is 0 Å². The van der Waals surface area contributed by atoms with Gasteiger partial charge in [-0.2, -0.15) is 4.31 Å². The maximum absolute atomic E-state index is 12.9. The second kappa shape index (κ2) is 6.90. The first-order valence-corrected chi connectivity index (χ1v) is 11.0. The second-order valence-electron chi connectivity index (χ2n) is 7.78. The molecule has 26 heavy (non-hydrogen) atoms. The van der Waals surface area contributed by atoms with E-state index in [-0.39, 0.29) is 5.41 Å². The van der Waals surface area contributed by atoms with Crippen molar-refractivity contribution in [2.75, 3.05) is 31.1 Å². The molecule has 0 atom stereocenters. The molecular formula is C18H26N4O2S2. The minimum atomic E-state index is -3.45. The first-order valence-electron chi connectivity index (χ1n) is 8.75. The Morgan fingerprint density at radius 1 is 1.00 bits per heavy atom. The fourth-order valence-electron chi connectivity index (χ4n) is 2.79. The molecule has 0 amide bonds. The van der Waals surface area contributed by atoms with Crippen molar-refractivity contribution in [3.63, 3.8) is 0 Å². The Balaban J connectivity index is 1.71. The molecule has 8 heteroatoms. The van der Waals surface area contributed by atoms with Gasteiger partial charge in [0.2, 0.25) is 15.2 Å². The normalized spacial score (nSPS) is 16.9. The summed E-state index contributed by atoms with van der Waals surface area (Å²) in [6.45, 7) is 12.4. The van der Waals surface area contributed by atoms with E-state index in [9.17, 15) is 8.42 Å². The Labute approximate surface area is 159 Å². The lowest BCUT2D eigenvalue weighted by atomic mass is 9.98. The van der Waals surface area contributed by atoms with Crippen LogP contribution in [0.2, 0.25) is 0 Å². The van der Waals surface area contributed by atoms with Crippen LogP contribution in [0.25, 0.3) is 0 Å². The Morgan fingerprint density at radius 3 is 2.19 bits per heavy atom. The number of anilines is 1. The van der Waals surface area contributed by atoms with E-state index < -0.39 is 10.0 Å². The van der Waals surface area contributed by atoms with Gasteiger partial charge in [0.15, 0.2) is 0 Å². The van der Waals surface area contributed by atoms with E-state index in [2.05, 4.69) is 35.9 Å². The van der Waals surface area contributed by atoms with Crippen molar-refractivity contribution in [2.45, 2.75) is 44.9 Å². The third kappa shape index (κ3) is 3.77. The van der Waals surface area contributed by atoms with E-state index in [0.717, 1.165) is 21.3 Å². The van der Waals surface area contributed by atoms with Crippen molar-refractivity contribution >= 4 is 26.5 Å². The number of piperazine rings is 1. The zero-order valence-corrected chi connectivity index (χ0v) is 17.6. The number of aromatic nitrogens is 2. The molecule has 0 spiro atoms. The molecule has 0 aliphatic carbocycles. The van der Waals surface area contributed by atoms with Crippen LogP contribution in [0.3, 0.4) is 0 Å². The molecule has 0 radical (unpaired) electrons. The van der Waals surface area contributed by atoms with E-state index in [1.807, 2.05) is 19.9 Å². The predicted octanol–water partition coefficient (Wildman–Crippen LogP) is 2.96. The molecule has 3 rings (SSSR count). The average Bonchev–Trinajstić information content (AvgIpc) is 3.08. The van der Waals surface area contributed by atoms with Crippen LogP contribution in [0, 0.1) is 13.8 Å². The minimum absolute atomic E-state index is 0.0234. The molecule has 2 heterocycles. The highest BCUT2D eigenvalue weighted by molar-refractivity contribution is 7.89. The fraction of sp³-hybridized carbons (Fsp3) is 0.556. The Morgan fingerprint density at radius 2 is 1.65 bits per heavy atom. The van der Waals surface area contributed by atoms with Crippen LogP contribution in [0.4, 0.5) is 5.13 Å². The first-order chi connectivity index (χ1) is 12.1. The fourth-order valence-corrected chi connectivity index (χ4v) is 5.25. The van der Waals surface area contributed by atoms with Gasteiger partial charge in [-0.3, -0.25) is 0 Å². The summed E-state index contributed by atoms with van der Waals surface area (Å²) in [5.74, 6) is 0. The van der Waals surface area contributed by atoms with Crippen LogP contribution >= 0.6 is 11.3 Å². The quantitative estimate of drug-likeness (QED) is 0.801. The van der Waals surface area contributed by atoms with Gasteiger partial charge in [0.05, 0.1) is 4.90 Å². The molecule has 142 valence electrons. The number of benzene rings is 1. The second-order valence-corrected chi connectivity index (χ2v) is 10.7. The van der Waals surface area contributed by atoms with E-state index >= 15 is 0 Å². The molecule has 0 saturated carbocycles. The highest BCUT2D eigenvalue weighted by Crippen LogP contribution is 2.30. The molecule has 1 aliphatic heterocycles. The lowest BCUT2D eigenvalue weighted by Gasteiger charge is -2.33. The summed E-state index contributed by atoms with van der Waals surface area (Å²) >= 11 is 1.59. The summed E-state index contributed by atoms with van der Waals surface area (Å²) < 4.78 is 27.4. The van der Waals surface area contributed by atoms with Gasteiger partial charge in [-0.25, -0.2) is 8.42 Å². The molecule has 1 aliphatic rings. The summed E-state index contributed by atoms with van der Waals surface area (Å²) in [5, 5.41) is 10.5. The van der Waals surface area contributed by atoms with Crippen molar-refractivity contribution in [1.82, 2.24) is 14.5 Å². The zero-order chi connectivity index (χ0) is 19.1. The first kappa shape index (κ1) is 19.3. The lowest BCUT2D eigenvalue weighted by Crippen LogP contribution is -2.48. The highest BCUT2D eigenvalue weighted by atomic mass is 32.2. The SMILES string of the molecule is Cc1ccc(S(=O)(=O)N2CCN(c3nnc(C(C)(C)C)s3)CC2)cc1C. The van der Waals surface area contributed by atoms with Crippen LogP contribution in [-0.4, -0.2) is 49.1 Å².